The van der Waals surface area contributed by atoms with Gasteiger partial charge in [0.25, 0.3) is 5.91 Å². The normalized spacial score (nSPS) is 18.6. The molecule has 1 aromatic carbocycles. The number of ether oxygens (including phenoxy) is 1. The quantitative estimate of drug-likeness (QED) is 0.837. The molecule has 0 saturated carbocycles. The summed E-state index contributed by atoms with van der Waals surface area (Å²) in [5.74, 6) is -0.302. The predicted octanol–water partition coefficient (Wildman–Crippen LogP) is 2.63. The maximum Gasteiger partial charge on any atom is 0.256 e. The number of hydrogen-bond donors (Lipinski definition) is 0. The maximum absolute atomic E-state index is 13.8. The molecule has 0 N–H and O–H groups in total. The number of aryl methyl sites for hydroxylation is 1. The van der Waals surface area contributed by atoms with Gasteiger partial charge in [-0.3, -0.25) is 4.79 Å². The molecule has 1 atom stereocenters. The number of rotatable bonds is 4. The summed E-state index contributed by atoms with van der Waals surface area (Å²) in [6.07, 6.45) is 0.972. The zero-order valence-electron chi connectivity index (χ0n) is 11.5. The zero-order chi connectivity index (χ0) is 13.8. The third-order valence-corrected chi connectivity index (χ3v) is 3.52. The van der Waals surface area contributed by atoms with E-state index < -0.39 is 5.82 Å². The van der Waals surface area contributed by atoms with E-state index in [2.05, 4.69) is 0 Å². The Kier molecular flexibility index (Phi) is 4.53. The van der Waals surface area contributed by atoms with E-state index in [9.17, 15) is 9.18 Å². The van der Waals surface area contributed by atoms with Crippen molar-refractivity contribution in [2.45, 2.75) is 20.3 Å². The van der Waals surface area contributed by atoms with Gasteiger partial charge in [-0.2, -0.15) is 0 Å². The van der Waals surface area contributed by atoms with Crippen LogP contribution in [0.25, 0.3) is 0 Å². The van der Waals surface area contributed by atoms with Gasteiger partial charge in [0.05, 0.1) is 12.2 Å². The highest BCUT2D eigenvalue weighted by Gasteiger charge is 2.23. The summed E-state index contributed by atoms with van der Waals surface area (Å²) in [5.41, 5.74) is 1.06. The van der Waals surface area contributed by atoms with E-state index in [-0.39, 0.29) is 11.5 Å². The van der Waals surface area contributed by atoms with Crippen molar-refractivity contribution in [3.8, 4) is 0 Å². The van der Waals surface area contributed by atoms with Crippen LogP contribution in [0.5, 0.6) is 0 Å². The Balaban J connectivity index is 2.12. The SMILES string of the molecule is CCN(CC1CCOC1)C(=O)c1cc(C)ccc1F. The molecule has 1 saturated heterocycles. The van der Waals surface area contributed by atoms with Crippen molar-refractivity contribution in [1.82, 2.24) is 4.90 Å². The Bertz CT molecular complexity index is 455. The van der Waals surface area contributed by atoms with Gasteiger partial charge in [0.15, 0.2) is 0 Å². The second kappa shape index (κ2) is 6.15. The Morgan fingerprint density at radius 3 is 2.95 bits per heavy atom. The Labute approximate surface area is 113 Å². The fraction of sp³-hybridized carbons (Fsp3) is 0.533. The Morgan fingerprint density at radius 2 is 2.32 bits per heavy atom. The van der Waals surface area contributed by atoms with Crippen molar-refractivity contribution < 1.29 is 13.9 Å². The number of halogens is 1. The minimum atomic E-state index is -0.447. The van der Waals surface area contributed by atoms with Gasteiger partial charge in [-0.05, 0) is 32.4 Å². The van der Waals surface area contributed by atoms with Gasteiger partial charge in [0.1, 0.15) is 5.82 Å². The molecule has 1 aliphatic rings. The van der Waals surface area contributed by atoms with E-state index in [1.807, 2.05) is 13.8 Å². The van der Waals surface area contributed by atoms with Crippen LogP contribution >= 0.6 is 0 Å². The van der Waals surface area contributed by atoms with E-state index in [4.69, 9.17) is 4.74 Å². The number of carbonyl (C=O) groups is 1. The van der Waals surface area contributed by atoms with Crippen LogP contribution in [0.1, 0.15) is 29.3 Å². The van der Waals surface area contributed by atoms with Gasteiger partial charge in [0.2, 0.25) is 0 Å². The fourth-order valence-electron chi connectivity index (χ4n) is 2.37. The number of carbonyl (C=O) groups excluding carboxylic acids is 1. The number of amides is 1. The minimum absolute atomic E-state index is 0.167. The van der Waals surface area contributed by atoms with Crippen LogP contribution < -0.4 is 0 Å². The van der Waals surface area contributed by atoms with Crippen molar-refractivity contribution in [3.05, 3.63) is 35.1 Å². The minimum Gasteiger partial charge on any atom is -0.381 e. The fourth-order valence-corrected chi connectivity index (χ4v) is 2.37. The van der Waals surface area contributed by atoms with Gasteiger partial charge in [-0.1, -0.05) is 11.6 Å². The van der Waals surface area contributed by atoms with Gasteiger partial charge < -0.3 is 9.64 Å². The molecule has 0 spiro atoms. The van der Waals surface area contributed by atoms with Crippen molar-refractivity contribution >= 4 is 5.91 Å². The standard InChI is InChI=1S/C15H20FNO2/c1-3-17(9-12-6-7-19-10-12)15(18)13-8-11(2)4-5-14(13)16/h4-5,8,12H,3,6-7,9-10H2,1-2H3. The molecule has 1 fully saturated rings. The predicted molar refractivity (Wildman–Crippen MR) is 71.6 cm³/mol. The van der Waals surface area contributed by atoms with Crippen molar-refractivity contribution in [3.63, 3.8) is 0 Å². The van der Waals surface area contributed by atoms with E-state index in [0.29, 0.717) is 25.6 Å². The topological polar surface area (TPSA) is 29.5 Å². The van der Waals surface area contributed by atoms with Gasteiger partial charge >= 0.3 is 0 Å². The average Bonchev–Trinajstić information content (AvgIpc) is 2.91. The molecule has 0 radical (unpaired) electrons. The Hall–Kier alpha value is -1.42. The van der Waals surface area contributed by atoms with E-state index in [1.54, 1.807) is 17.0 Å². The summed E-state index contributed by atoms with van der Waals surface area (Å²) >= 11 is 0. The lowest BCUT2D eigenvalue weighted by molar-refractivity contribution is 0.0726. The van der Waals surface area contributed by atoms with Gasteiger partial charge in [-0.15, -0.1) is 0 Å². The molecule has 1 aromatic rings. The molecular weight excluding hydrogens is 245 g/mol. The van der Waals surface area contributed by atoms with Crippen molar-refractivity contribution in [2.24, 2.45) is 5.92 Å². The Morgan fingerprint density at radius 1 is 1.53 bits per heavy atom. The summed E-state index contributed by atoms with van der Waals surface area (Å²) in [6, 6.07) is 4.65. The number of hydrogen-bond acceptors (Lipinski definition) is 2. The average molecular weight is 265 g/mol. The molecular formula is C15H20FNO2. The first-order valence-electron chi connectivity index (χ1n) is 6.75. The molecule has 2 rings (SSSR count). The third kappa shape index (κ3) is 3.32. The van der Waals surface area contributed by atoms with E-state index in [1.165, 1.54) is 6.07 Å². The number of nitrogens with zero attached hydrogens (tertiary/aromatic N) is 1. The molecule has 1 unspecified atom stereocenters. The molecule has 19 heavy (non-hydrogen) atoms. The third-order valence-electron chi connectivity index (χ3n) is 3.52. The molecule has 4 heteroatoms. The lowest BCUT2D eigenvalue weighted by atomic mass is 10.1. The summed E-state index contributed by atoms with van der Waals surface area (Å²) in [6.45, 7) is 6.46. The monoisotopic (exact) mass is 265 g/mol. The van der Waals surface area contributed by atoms with E-state index in [0.717, 1.165) is 18.6 Å². The first-order chi connectivity index (χ1) is 9.11. The molecule has 1 amide bonds. The lowest BCUT2D eigenvalue weighted by Gasteiger charge is -2.24. The second-order valence-corrected chi connectivity index (χ2v) is 5.06. The summed E-state index contributed by atoms with van der Waals surface area (Å²) in [5, 5.41) is 0. The van der Waals surface area contributed by atoms with Crippen LogP contribution in [0.3, 0.4) is 0 Å². The highest BCUT2D eigenvalue weighted by Crippen LogP contribution is 2.17. The van der Waals surface area contributed by atoms with Crippen LogP contribution in [0.4, 0.5) is 4.39 Å². The van der Waals surface area contributed by atoms with Gasteiger partial charge in [0, 0.05) is 25.6 Å². The highest BCUT2D eigenvalue weighted by molar-refractivity contribution is 5.94. The van der Waals surface area contributed by atoms with Crippen LogP contribution in [-0.2, 0) is 4.74 Å². The van der Waals surface area contributed by atoms with Gasteiger partial charge in [-0.25, -0.2) is 4.39 Å². The van der Waals surface area contributed by atoms with Crippen molar-refractivity contribution in [2.75, 3.05) is 26.3 Å². The molecule has 0 bridgehead atoms. The summed E-state index contributed by atoms with van der Waals surface area (Å²) in [7, 11) is 0. The van der Waals surface area contributed by atoms with Crippen LogP contribution in [-0.4, -0.2) is 37.1 Å². The smallest absolute Gasteiger partial charge is 0.256 e. The molecule has 0 aromatic heterocycles. The summed E-state index contributed by atoms with van der Waals surface area (Å²) < 4.78 is 19.1. The van der Waals surface area contributed by atoms with Crippen LogP contribution in [0, 0.1) is 18.7 Å². The molecule has 104 valence electrons. The molecule has 1 aliphatic heterocycles. The zero-order valence-corrected chi connectivity index (χ0v) is 11.5. The highest BCUT2D eigenvalue weighted by atomic mass is 19.1. The molecule has 3 nitrogen and oxygen atoms in total. The summed E-state index contributed by atoms with van der Waals surface area (Å²) in [4.78, 5) is 14.1. The molecule has 1 heterocycles. The second-order valence-electron chi connectivity index (χ2n) is 5.06. The first-order valence-corrected chi connectivity index (χ1v) is 6.75. The first kappa shape index (κ1) is 14.0. The number of benzene rings is 1. The largest absolute Gasteiger partial charge is 0.381 e. The van der Waals surface area contributed by atoms with Crippen LogP contribution in [0.15, 0.2) is 18.2 Å². The molecule has 0 aliphatic carbocycles. The van der Waals surface area contributed by atoms with Crippen LogP contribution in [0.2, 0.25) is 0 Å². The van der Waals surface area contributed by atoms with E-state index >= 15 is 0 Å². The lowest BCUT2D eigenvalue weighted by Crippen LogP contribution is -2.36. The van der Waals surface area contributed by atoms with Crippen molar-refractivity contribution in [1.29, 1.82) is 0 Å². The maximum atomic E-state index is 13.8.